The summed E-state index contributed by atoms with van der Waals surface area (Å²) < 4.78 is 0. The van der Waals surface area contributed by atoms with E-state index in [9.17, 15) is 4.79 Å². The van der Waals surface area contributed by atoms with E-state index in [1.807, 2.05) is 6.92 Å². The highest BCUT2D eigenvalue weighted by molar-refractivity contribution is 5.74. The van der Waals surface area contributed by atoms with Gasteiger partial charge in [-0.3, -0.25) is 0 Å². The molecule has 0 rings (SSSR count). The quantitative estimate of drug-likeness (QED) is 0.531. The molecule has 0 aromatic carbocycles. The van der Waals surface area contributed by atoms with Crippen molar-refractivity contribution >= 4 is 5.78 Å². The van der Waals surface area contributed by atoms with Crippen LogP contribution in [0.15, 0.2) is 0 Å². The molecule has 0 fully saturated rings. The van der Waals surface area contributed by atoms with E-state index in [0.29, 0.717) is 6.42 Å². The van der Waals surface area contributed by atoms with Crippen LogP contribution in [0.25, 0.3) is 0 Å². The highest BCUT2D eigenvalue weighted by Gasteiger charge is 1.76. The lowest BCUT2D eigenvalue weighted by Gasteiger charge is -1.71. The second-order valence-corrected chi connectivity index (χ2v) is 2.12. The van der Waals surface area contributed by atoms with Crippen LogP contribution in [-0.2, 0) is 4.79 Å². The Bertz CT molecular complexity index is 129. The molecule has 0 atom stereocenters. The molecule has 0 heterocycles. The number of rotatable bonds is 1. The number of hydrogen-bond acceptors (Lipinski definition) is 1. The van der Waals surface area contributed by atoms with Crippen molar-refractivity contribution in [3.8, 4) is 11.8 Å². The summed E-state index contributed by atoms with van der Waals surface area (Å²) in [5.41, 5.74) is 0. The maximum atomic E-state index is 9.81. The molecule has 0 saturated heterocycles. The Morgan fingerprint density at radius 2 is 1.36 bits per heavy atom. The molecule has 0 bridgehead atoms. The minimum atomic E-state index is 0.255. The average Bonchev–Trinajstić information content (AvgIpc) is 2.02. The molecule has 1 nitrogen and oxygen atoms in total. The van der Waals surface area contributed by atoms with Gasteiger partial charge in [-0.25, -0.2) is 0 Å². The third-order valence-corrected chi connectivity index (χ3v) is 0.976. The lowest BCUT2D eigenvalue weighted by atomic mass is 10.4. The van der Waals surface area contributed by atoms with Crippen LogP contribution in [0.4, 0.5) is 0 Å². The van der Waals surface area contributed by atoms with Crippen molar-refractivity contribution < 1.29 is 4.79 Å². The number of ketones is 1. The molecule has 1 heteroatoms. The minimum absolute atomic E-state index is 0.255. The molecule has 0 saturated carbocycles. The molecule has 0 radical (unpaired) electrons. The Labute approximate surface area is 70.2 Å². The van der Waals surface area contributed by atoms with E-state index in [0.717, 1.165) is 12.8 Å². The first-order valence-electron chi connectivity index (χ1n) is 4.14. The number of Topliss-reactive ketones (excluding diaryl/α,β-unsaturated/α-hetero) is 1. The fourth-order valence-electron chi connectivity index (χ4n) is 0.250. The van der Waals surface area contributed by atoms with Gasteiger partial charge in [0, 0.05) is 19.3 Å². The van der Waals surface area contributed by atoms with E-state index in [1.165, 1.54) is 0 Å². The average molecular weight is 154 g/mol. The van der Waals surface area contributed by atoms with Crippen molar-refractivity contribution in [3.05, 3.63) is 0 Å². The molecule has 0 N–H and O–H groups in total. The highest BCUT2D eigenvalue weighted by Crippen LogP contribution is 1.71. The Morgan fingerprint density at radius 1 is 1.09 bits per heavy atom. The van der Waals surface area contributed by atoms with Gasteiger partial charge in [-0.1, -0.05) is 20.8 Å². The van der Waals surface area contributed by atoms with Gasteiger partial charge in [0.25, 0.3) is 0 Å². The van der Waals surface area contributed by atoms with E-state index in [1.54, 1.807) is 6.92 Å². The first-order valence-corrected chi connectivity index (χ1v) is 4.14. The zero-order chi connectivity index (χ0) is 9.11. The Morgan fingerprint density at radius 3 is 1.45 bits per heavy atom. The normalized spacial score (nSPS) is 6.91. The first kappa shape index (κ1) is 12.9. The Hall–Kier alpha value is -0.770. The van der Waals surface area contributed by atoms with Crippen molar-refractivity contribution in [2.45, 2.75) is 47.0 Å². The predicted octanol–water partition coefficient (Wildman–Crippen LogP) is 2.80. The summed E-state index contributed by atoms with van der Waals surface area (Å²) in [6.07, 6.45) is 2.65. The van der Waals surface area contributed by atoms with Crippen molar-refractivity contribution in [2.75, 3.05) is 0 Å². The van der Waals surface area contributed by atoms with Crippen LogP contribution < -0.4 is 0 Å². The van der Waals surface area contributed by atoms with Gasteiger partial charge in [-0.05, 0) is 6.92 Å². The van der Waals surface area contributed by atoms with Crippen LogP contribution in [0.1, 0.15) is 47.0 Å². The van der Waals surface area contributed by atoms with Crippen molar-refractivity contribution in [3.63, 3.8) is 0 Å². The van der Waals surface area contributed by atoms with Crippen molar-refractivity contribution in [1.29, 1.82) is 0 Å². The first-order chi connectivity index (χ1) is 5.18. The van der Waals surface area contributed by atoms with Gasteiger partial charge in [0.2, 0.25) is 0 Å². The summed E-state index contributed by atoms with van der Waals surface area (Å²) in [5.74, 6) is 6.15. The largest absolute Gasteiger partial charge is 0.300 e. The van der Waals surface area contributed by atoms with E-state index in [-0.39, 0.29) is 5.78 Å². The lowest BCUT2D eigenvalue weighted by molar-refractivity contribution is -0.116. The molecular formula is C10H18O. The Kier molecular flexibility index (Phi) is 14.0. The molecule has 0 unspecified atom stereocenters. The molecule has 11 heavy (non-hydrogen) atoms. The van der Waals surface area contributed by atoms with Crippen LogP contribution in [0.2, 0.25) is 0 Å². The van der Waals surface area contributed by atoms with E-state index in [4.69, 9.17) is 0 Å². The second-order valence-electron chi connectivity index (χ2n) is 2.12. The topological polar surface area (TPSA) is 17.1 Å². The number of carbonyl (C=O) groups excluding carboxylic acids is 1. The SMILES string of the molecule is CCC#CCC.CCC(C)=O. The zero-order valence-corrected chi connectivity index (χ0v) is 8.03. The molecule has 0 aromatic rings. The van der Waals surface area contributed by atoms with E-state index < -0.39 is 0 Å². The van der Waals surface area contributed by atoms with Gasteiger partial charge >= 0.3 is 0 Å². The van der Waals surface area contributed by atoms with Gasteiger partial charge in [0.05, 0.1) is 0 Å². The van der Waals surface area contributed by atoms with Crippen LogP contribution in [0.3, 0.4) is 0 Å². The highest BCUT2D eigenvalue weighted by atomic mass is 16.1. The van der Waals surface area contributed by atoms with Gasteiger partial charge in [0.15, 0.2) is 0 Å². The van der Waals surface area contributed by atoms with Crippen molar-refractivity contribution in [1.82, 2.24) is 0 Å². The second kappa shape index (κ2) is 12.0. The van der Waals surface area contributed by atoms with Crippen LogP contribution in [-0.4, -0.2) is 5.78 Å². The fourth-order valence-corrected chi connectivity index (χ4v) is 0.250. The third kappa shape index (κ3) is 27.0. The van der Waals surface area contributed by atoms with Gasteiger partial charge in [0.1, 0.15) is 5.78 Å². The summed E-state index contributed by atoms with van der Waals surface area (Å²) in [6.45, 7) is 7.55. The molecule has 0 spiro atoms. The van der Waals surface area contributed by atoms with Crippen LogP contribution >= 0.6 is 0 Å². The molecule has 0 aromatic heterocycles. The molecular weight excluding hydrogens is 136 g/mol. The summed E-state index contributed by atoms with van der Waals surface area (Å²) in [4.78, 5) is 9.81. The summed E-state index contributed by atoms with van der Waals surface area (Å²) >= 11 is 0. The maximum Gasteiger partial charge on any atom is 0.129 e. The summed E-state index contributed by atoms with van der Waals surface area (Å²) in [5, 5.41) is 0. The molecule has 0 aliphatic rings. The molecule has 0 aliphatic carbocycles. The van der Waals surface area contributed by atoms with Gasteiger partial charge in [-0.2, -0.15) is 0 Å². The Balaban J connectivity index is 0. The fraction of sp³-hybridized carbons (Fsp3) is 0.700. The maximum absolute atomic E-state index is 9.81. The standard InChI is InChI=1S/C6H10.C4H8O/c1-3-5-6-4-2;1-3-4(2)5/h3-4H2,1-2H3;3H2,1-2H3. The van der Waals surface area contributed by atoms with Crippen molar-refractivity contribution in [2.24, 2.45) is 0 Å². The van der Waals surface area contributed by atoms with E-state index >= 15 is 0 Å². The number of carbonyl (C=O) groups is 1. The van der Waals surface area contributed by atoms with Gasteiger partial charge in [-0.15, -0.1) is 11.8 Å². The lowest BCUT2D eigenvalue weighted by Crippen LogP contribution is -1.80. The minimum Gasteiger partial charge on any atom is -0.300 e. The monoisotopic (exact) mass is 154 g/mol. The van der Waals surface area contributed by atoms with Crippen LogP contribution in [0.5, 0.6) is 0 Å². The van der Waals surface area contributed by atoms with Crippen LogP contribution in [0, 0.1) is 11.8 Å². The number of hydrogen-bond donors (Lipinski definition) is 0. The predicted molar refractivity (Wildman–Crippen MR) is 49.3 cm³/mol. The van der Waals surface area contributed by atoms with E-state index in [2.05, 4.69) is 25.7 Å². The smallest absolute Gasteiger partial charge is 0.129 e. The zero-order valence-electron chi connectivity index (χ0n) is 8.03. The third-order valence-electron chi connectivity index (χ3n) is 0.976. The molecule has 64 valence electrons. The summed E-state index contributed by atoms with van der Waals surface area (Å²) in [6, 6.07) is 0. The molecule has 0 amide bonds. The van der Waals surface area contributed by atoms with Gasteiger partial charge < -0.3 is 4.79 Å². The molecule has 0 aliphatic heterocycles. The summed E-state index contributed by atoms with van der Waals surface area (Å²) in [7, 11) is 0.